The van der Waals surface area contributed by atoms with Gasteiger partial charge in [0.15, 0.2) is 0 Å². The van der Waals surface area contributed by atoms with Crippen LogP contribution in [-0.4, -0.2) is 32.3 Å². The number of ether oxygens (including phenoxy) is 1. The van der Waals surface area contributed by atoms with Gasteiger partial charge in [-0.2, -0.15) is 0 Å². The lowest BCUT2D eigenvalue weighted by atomic mass is 10.1. The van der Waals surface area contributed by atoms with Crippen LogP contribution >= 0.6 is 0 Å². The van der Waals surface area contributed by atoms with E-state index in [9.17, 15) is 9.59 Å². The number of hydrogen-bond donors (Lipinski definition) is 2. The van der Waals surface area contributed by atoms with Crippen molar-refractivity contribution in [2.45, 2.75) is 27.2 Å². The van der Waals surface area contributed by atoms with Crippen molar-refractivity contribution in [1.29, 1.82) is 0 Å². The molecule has 6 nitrogen and oxygen atoms in total. The molecule has 0 saturated heterocycles. The summed E-state index contributed by atoms with van der Waals surface area (Å²) in [6, 6.07) is 6.76. The number of nitrogens with one attached hydrogen (secondary N) is 2. The highest BCUT2D eigenvalue weighted by atomic mass is 16.6. The number of hydrogen-bond acceptors (Lipinski definition) is 3. The van der Waals surface area contributed by atoms with Gasteiger partial charge in [0.05, 0.1) is 6.61 Å². The second-order valence-corrected chi connectivity index (χ2v) is 5.37. The Balaban J connectivity index is 2.51. The molecule has 0 fully saturated rings. The van der Waals surface area contributed by atoms with Crippen LogP contribution in [-0.2, 0) is 4.74 Å². The zero-order valence-corrected chi connectivity index (χ0v) is 13.7. The van der Waals surface area contributed by atoms with Gasteiger partial charge in [-0.3, -0.25) is 4.90 Å². The minimum absolute atomic E-state index is 0.229. The molecule has 1 aromatic rings. The molecule has 0 atom stereocenters. The summed E-state index contributed by atoms with van der Waals surface area (Å²) in [4.78, 5) is 24.7. The van der Waals surface area contributed by atoms with E-state index in [1.54, 1.807) is 38.2 Å². The van der Waals surface area contributed by atoms with Crippen LogP contribution in [0.4, 0.5) is 21.0 Å². The number of amides is 3. The standard InChI is InChI=1S/C16H25N3O3/c1-5-22-16(21)19(4)14-8-6-13(7-9-14)18-15(20)17-11-10-12(2)3/h6-9,12H,5,10-11H2,1-4H3,(H2,17,18,20). The molecular weight excluding hydrogens is 282 g/mol. The topological polar surface area (TPSA) is 70.7 Å². The number of carbonyl (C=O) groups is 2. The molecule has 22 heavy (non-hydrogen) atoms. The highest BCUT2D eigenvalue weighted by Gasteiger charge is 2.11. The van der Waals surface area contributed by atoms with E-state index in [0.29, 0.717) is 30.4 Å². The van der Waals surface area contributed by atoms with Crippen molar-refractivity contribution in [2.75, 3.05) is 30.4 Å². The van der Waals surface area contributed by atoms with Crippen molar-refractivity contribution in [3.05, 3.63) is 24.3 Å². The summed E-state index contributed by atoms with van der Waals surface area (Å²) in [6.07, 6.45) is 0.533. The summed E-state index contributed by atoms with van der Waals surface area (Å²) in [5, 5.41) is 5.55. The van der Waals surface area contributed by atoms with Crippen LogP contribution in [0.3, 0.4) is 0 Å². The molecule has 0 aliphatic carbocycles. The number of rotatable bonds is 6. The maximum atomic E-state index is 11.7. The molecule has 0 unspecified atom stereocenters. The van der Waals surface area contributed by atoms with Crippen LogP contribution in [0.1, 0.15) is 27.2 Å². The number of urea groups is 1. The van der Waals surface area contributed by atoms with Gasteiger partial charge in [0.25, 0.3) is 0 Å². The first kappa shape index (κ1) is 17.8. The van der Waals surface area contributed by atoms with Gasteiger partial charge >= 0.3 is 12.1 Å². The summed E-state index contributed by atoms with van der Waals surface area (Å²) in [6.45, 7) is 6.96. The van der Waals surface area contributed by atoms with Gasteiger partial charge in [-0.25, -0.2) is 9.59 Å². The Labute approximate surface area is 131 Å². The van der Waals surface area contributed by atoms with Gasteiger partial charge in [-0.1, -0.05) is 13.8 Å². The number of nitrogens with zero attached hydrogens (tertiary/aromatic N) is 1. The van der Waals surface area contributed by atoms with E-state index in [2.05, 4.69) is 24.5 Å². The van der Waals surface area contributed by atoms with Gasteiger partial charge in [0.1, 0.15) is 0 Å². The maximum absolute atomic E-state index is 11.7. The molecule has 3 amide bonds. The van der Waals surface area contributed by atoms with Gasteiger partial charge in [0.2, 0.25) is 0 Å². The van der Waals surface area contributed by atoms with Crippen LogP contribution in [0.25, 0.3) is 0 Å². The monoisotopic (exact) mass is 307 g/mol. The smallest absolute Gasteiger partial charge is 0.413 e. The minimum atomic E-state index is -0.408. The summed E-state index contributed by atoms with van der Waals surface area (Å²) in [5.74, 6) is 0.554. The lowest BCUT2D eigenvalue weighted by Crippen LogP contribution is -2.30. The van der Waals surface area contributed by atoms with Crippen molar-refractivity contribution in [1.82, 2.24) is 5.32 Å². The summed E-state index contributed by atoms with van der Waals surface area (Å²) < 4.78 is 4.92. The van der Waals surface area contributed by atoms with Crippen LogP contribution in [0, 0.1) is 5.92 Å². The first-order chi connectivity index (χ1) is 10.4. The third kappa shape index (κ3) is 6.03. The third-order valence-electron chi connectivity index (χ3n) is 3.06. The van der Waals surface area contributed by atoms with E-state index in [4.69, 9.17) is 4.74 Å². The van der Waals surface area contributed by atoms with E-state index >= 15 is 0 Å². The molecule has 0 heterocycles. The molecule has 1 rings (SSSR count). The van der Waals surface area contributed by atoms with Crippen molar-refractivity contribution in [2.24, 2.45) is 5.92 Å². The lowest BCUT2D eigenvalue weighted by molar-refractivity contribution is 0.161. The highest BCUT2D eigenvalue weighted by molar-refractivity contribution is 5.90. The first-order valence-corrected chi connectivity index (χ1v) is 7.49. The SMILES string of the molecule is CCOC(=O)N(C)c1ccc(NC(=O)NCCC(C)C)cc1. The molecule has 0 spiro atoms. The maximum Gasteiger partial charge on any atom is 0.413 e. The fourth-order valence-electron chi connectivity index (χ4n) is 1.74. The Hall–Kier alpha value is -2.24. The first-order valence-electron chi connectivity index (χ1n) is 7.49. The Morgan fingerprint density at radius 1 is 1.23 bits per heavy atom. The molecule has 2 N–H and O–H groups in total. The number of benzene rings is 1. The Morgan fingerprint density at radius 3 is 2.41 bits per heavy atom. The molecule has 6 heteroatoms. The van der Waals surface area contributed by atoms with Crippen molar-refractivity contribution < 1.29 is 14.3 Å². The van der Waals surface area contributed by atoms with E-state index in [1.807, 2.05) is 0 Å². The normalized spacial score (nSPS) is 10.2. The van der Waals surface area contributed by atoms with E-state index in [0.717, 1.165) is 6.42 Å². The van der Waals surface area contributed by atoms with Crippen LogP contribution in [0.5, 0.6) is 0 Å². The molecule has 122 valence electrons. The second kappa shape index (κ2) is 8.92. The molecule has 0 bridgehead atoms. The summed E-state index contributed by atoms with van der Waals surface area (Å²) in [5.41, 5.74) is 1.37. The van der Waals surface area contributed by atoms with Crippen molar-refractivity contribution in [3.63, 3.8) is 0 Å². The quantitative estimate of drug-likeness (QED) is 0.845. The van der Waals surface area contributed by atoms with Crippen molar-refractivity contribution in [3.8, 4) is 0 Å². The average molecular weight is 307 g/mol. The minimum Gasteiger partial charge on any atom is -0.449 e. The molecule has 0 aliphatic rings. The Kier molecular flexibility index (Phi) is 7.22. The lowest BCUT2D eigenvalue weighted by Gasteiger charge is -2.17. The molecule has 1 aromatic carbocycles. The Morgan fingerprint density at radius 2 is 1.86 bits per heavy atom. The van der Waals surface area contributed by atoms with E-state index in [1.165, 1.54) is 4.90 Å². The van der Waals surface area contributed by atoms with Gasteiger partial charge in [-0.15, -0.1) is 0 Å². The average Bonchev–Trinajstić information content (AvgIpc) is 2.47. The summed E-state index contributed by atoms with van der Waals surface area (Å²) in [7, 11) is 1.64. The molecular formula is C16H25N3O3. The van der Waals surface area contributed by atoms with Gasteiger partial charge in [0, 0.05) is 25.0 Å². The fourth-order valence-corrected chi connectivity index (χ4v) is 1.74. The van der Waals surface area contributed by atoms with E-state index < -0.39 is 6.09 Å². The zero-order valence-electron chi connectivity index (χ0n) is 13.7. The predicted molar refractivity (Wildman–Crippen MR) is 88.3 cm³/mol. The van der Waals surface area contributed by atoms with Crippen LogP contribution in [0.15, 0.2) is 24.3 Å². The molecule has 0 aliphatic heterocycles. The number of carbonyl (C=O) groups excluding carboxylic acids is 2. The summed E-state index contributed by atoms with van der Waals surface area (Å²) >= 11 is 0. The third-order valence-corrected chi connectivity index (χ3v) is 3.06. The molecule has 0 aromatic heterocycles. The van der Waals surface area contributed by atoms with Crippen LogP contribution in [0.2, 0.25) is 0 Å². The fraction of sp³-hybridized carbons (Fsp3) is 0.500. The van der Waals surface area contributed by atoms with Crippen LogP contribution < -0.4 is 15.5 Å². The molecule has 0 saturated carbocycles. The largest absolute Gasteiger partial charge is 0.449 e. The van der Waals surface area contributed by atoms with Gasteiger partial charge < -0.3 is 15.4 Å². The van der Waals surface area contributed by atoms with Crippen molar-refractivity contribution >= 4 is 23.5 Å². The van der Waals surface area contributed by atoms with E-state index in [-0.39, 0.29) is 6.03 Å². The predicted octanol–water partition coefficient (Wildman–Crippen LogP) is 3.45. The van der Waals surface area contributed by atoms with Gasteiger partial charge in [-0.05, 0) is 43.5 Å². The highest BCUT2D eigenvalue weighted by Crippen LogP contribution is 2.17. The second-order valence-electron chi connectivity index (χ2n) is 5.37. The zero-order chi connectivity index (χ0) is 16.5. The Bertz CT molecular complexity index is 486. The molecule has 0 radical (unpaired) electrons. The number of anilines is 2.